The van der Waals surface area contributed by atoms with Crippen molar-refractivity contribution in [2.24, 2.45) is 11.5 Å². The van der Waals surface area contributed by atoms with Crippen LogP contribution in [0, 0.1) is 20.5 Å². The molecule has 29 heavy (non-hydrogen) atoms. The van der Waals surface area contributed by atoms with Crippen LogP contribution in [0.2, 0.25) is 0 Å². The van der Waals surface area contributed by atoms with Crippen molar-refractivity contribution in [2.45, 2.75) is 0 Å². The van der Waals surface area contributed by atoms with E-state index in [0.29, 0.717) is 0 Å². The fourth-order valence-corrected chi connectivity index (χ4v) is 0.621. The fourth-order valence-electron chi connectivity index (χ4n) is 0.621. The van der Waals surface area contributed by atoms with Crippen LogP contribution in [0.15, 0.2) is 46.5 Å². The van der Waals surface area contributed by atoms with E-state index in [9.17, 15) is 9.59 Å². The first-order valence-corrected chi connectivity index (χ1v) is 8.64. The third-order valence-electron chi connectivity index (χ3n) is 1.16. The van der Waals surface area contributed by atoms with Crippen molar-refractivity contribution in [3.63, 3.8) is 0 Å². The Balaban J connectivity index is -0.0000000835. The number of hydrogen-bond acceptors (Lipinski definition) is 14. The molecule has 16 nitrogen and oxygen atoms in total. The number of H-pyrrole nitrogens is 2. The smallest absolute Gasteiger partial charge is 0.333 e. The minimum Gasteiger partial charge on any atom is -0.333 e. The van der Waals surface area contributed by atoms with Crippen LogP contribution < -0.4 is 60.1 Å². The van der Waals surface area contributed by atoms with Gasteiger partial charge in [0.15, 0.2) is 0 Å². The predicted octanol–water partition coefficient (Wildman–Crippen LogP) is -10.8. The molecule has 6 N–H and O–H groups in total. The van der Waals surface area contributed by atoms with Crippen LogP contribution in [0.1, 0.15) is 0 Å². The Morgan fingerprint density at radius 3 is 0.966 bits per heavy atom. The molecule has 0 atom stereocenters. The first-order chi connectivity index (χ1) is 12.8. The number of nitrogens with two attached hydrogens (primary N) is 2. The van der Waals surface area contributed by atoms with Gasteiger partial charge in [-0.25, -0.2) is 56.8 Å². The molecule has 2 aromatic heterocycles. The van der Waals surface area contributed by atoms with Crippen LogP contribution in [-0.4, -0.2) is 34.0 Å². The molecular formula is C10H18Cl2N6O10Pt+2. The number of aromatic nitrogens is 4. The molecule has 0 amide bonds. The SMILES string of the molecule is CN.CN.O=c1nccc[nH]1.O=c1nccc[nH]1.[O-][Cl+3]([O-])([O-])[O-].[O-][Cl+3]([O-])([O-])[O-].[Pt+4]. The molecule has 2 aromatic rings. The summed E-state index contributed by atoms with van der Waals surface area (Å²) in [7, 11) is -6.89. The number of hydrogen-bond donors (Lipinski definition) is 4. The Morgan fingerprint density at radius 1 is 0.690 bits per heavy atom. The molecule has 0 aliphatic heterocycles. The maximum absolute atomic E-state index is 10.1. The maximum atomic E-state index is 10.1. The number of aromatic amines is 2. The van der Waals surface area contributed by atoms with Gasteiger partial charge in [-0.3, -0.25) is 0 Å². The van der Waals surface area contributed by atoms with Gasteiger partial charge in [-0.2, -0.15) is 0 Å². The summed E-state index contributed by atoms with van der Waals surface area (Å²) in [5.74, 6) is 0. The average Bonchev–Trinajstić information content (AvgIpc) is 2.58. The Bertz CT molecular complexity index is 562. The summed E-state index contributed by atoms with van der Waals surface area (Å²) in [5, 5.41) is 0. The molecule has 2 rings (SSSR count). The molecule has 2 heterocycles. The third kappa shape index (κ3) is 75.5. The zero-order chi connectivity index (χ0) is 23.2. The van der Waals surface area contributed by atoms with E-state index in [-0.39, 0.29) is 32.4 Å². The summed E-state index contributed by atoms with van der Waals surface area (Å²) in [6.45, 7) is 0. The summed E-state index contributed by atoms with van der Waals surface area (Å²) in [6.07, 6.45) is 5.96. The predicted molar refractivity (Wildman–Crippen MR) is 69.9 cm³/mol. The van der Waals surface area contributed by atoms with Crippen LogP contribution >= 0.6 is 0 Å². The molecule has 0 saturated carbocycles. The van der Waals surface area contributed by atoms with Gasteiger partial charge in [0, 0.05) is 24.8 Å². The van der Waals surface area contributed by atoms with Gasteiger partial charge in [0.1, 0.15) is 0 Å². The second-order valence-corrected chi connectivity index (χ2v) is 4.44. The van der Waals surface area contributed by atoms with Crippen molar-refractivity contribution in [1.82, 2.24) is 19.9 Å². The van der Waals surface area contributed by atoms with Gasteiger partial charge in [0.05, 0.1) is 0 Å². The summed E-state index contributed by atoms with van der Waals surface area (Å²) in [6, 6.07) is 3.31. The minimum atomic E-state index is -4.94. The number of nitrogens with zero attached hydrogens (tertiary/aromatic N) is 2. The van der Waals surface area contributed by atoms with Crippen molar-refractivity contribution < 1.29 is 78.8 Å². The Morgan fingerprint density at radius 2 is 0.897 bits per heavy atom. The van der Waals surface area contributed by atoms with E-state index in [4.69, 9.17) is 37.3 Å². The van der Waals surface area contributed by atoms with Gasteiger partial charge in [-0.15, -0.1) is 20.5 Å². The van der Waals surface area contributed by atoms with Crippen molar-refractivity contribution in [2.75, 3.05) is 14.1 Å². The number of halogens is 2. The Kier molecular flexibility index (Phi) is 32.5. The summed E-state index contributed by atoms with van der Waals surface area (Å²) in [4.78, 5) is 31.7. The third-order valence-corrected chi connectivity index (χ3v) is 1.16. The van der Waals surface area contributed by atoms with Gasteiger partial charge in [-0.05, 0) is 26.2 Å². The first-order valence-electron chi connectivity index (χ1n) is 6.17. The average molecular weight is 648 g/mol. The maximum Gasteiger partial charge on any atom is 4.00 e. The number of rotatable bonds is 0. The molecule has 0 bridgehead atoms. The molecule has 0 unspecified atom stereocenters. The van der Waals surface area contributed by atoms with E-state index in [2.05, 4.69) is 31.4 Å². The quantitative estimate of drug-likeness (QED) is 0.206. The van der Waals surface area contributed by atoms with Crippen LogP contribution in [0.25, 0.3) is 0 Å². The van der Waals surface area contributed by atoms with E-state index in [1.807, 2.05) is 0 Å². The van der Waals surface area contributed by atoms with E-state index in [0.717, 1.165) is 0 Å². The van der Waals surface area contributed by atoms with Gasteiger partial charge >= 0.3 is 32.4 Å². The minimum absolute atomic E-state index is 0. The van der Waals surface area contributed by atoms with Crippen LogP contribution in [-0.2, 0) is 21.1 Å². The van der Waals surface area contributed by atoms with Gasteiger partial charge < -0.3 is 21.4 Å². The second-order valence-electron chi connectivity index (χ2n) is 2.93. The molecule has 19 heteroatoms. The molecule has 0 fully saturated rings. The Hall–Kier alpha value is -1.37. The second kappa shape index (κ2) is 24.7. The molecule has 0 aromatic carbocycles. The van der Waals surface area contributed by atoms with Crippen molar-refractivity contribution in [1.29, 1.82) is 0 Å². The standard InChI is InChI=1S/2C4H4N2O.2CH5N.2ClHO4.Pt/c2*7-4-5-2-1-3-6-4;2*1-2;2*2-1(3,4)5;/h2*1-3H,(H,5,6,7);2*2H2,1H3;2*(H,2,3,4,5);/q;;;;;;+4/p-2. The van der Waals surface area contributed by atoms with Gasteiger partial charge in [0.2, 0.25) is 0 Å². The molecule has 0 spiro atoms. The largest absolute Gasteiger partial charge is 4.00 e. The van der Waals surface area contributed by atoms with Gasteiger partial charge in [0.25, 0.3) is 0 Å². The first kappa shape index (κ1) is 38.3. The number of nitrogens with one attached hydrogen (secondary N) is 2. The molecule has 0 aliphatic carbocycles. The summed E-state index contributed by atoms with van der Waals surface area (Å²) >= 11 is 0. The topological polar surface area (TPSA) is 328 Å². The van der Waals surface area contributed by atoms with E-state index < -0.39 is 20.5 Å². The van der Waals surface area contributed by atoms with E-state index >= 15 is 0 Å². The van der Waals surface area contributed by atoms with Crippen LogP contribution in [0.5, 0.6) is 0 Å². The van der Waals surface area contributed by atoms with Gasteiger partial charge in [-0.1, -0.05) is 0 Å². The zero-order valence-electron chi connectivity index (χ0n) is 14.7. The molecular weight excluding hydrogens is 630 g/mol. The molecule has 0 aliphatic rings. The summed E-state index contributed by atoms with van der Waals surface area (Å²) in [5.41, 5.74) is 8.39. The fraction of sp³-hybridized carbons (Fsp3) is 0.200. The van der Waals surface area contributed by atoms with Crippen molar-refractivity contribution in [3.8, 4) is 0 Å². The summed E-state index contributed by atoms with van der Waals surface area (Å²) < 4.78 is 67.9. The molecule has 0 saturated heterocycles. The molecule has 170 valence electrons. The van der Waals surface area contributed by atoms with Crippen LogP contribution in [0.4, 0.5) is 0 Å². The van der Waals surface area contributed by atoms with Crippen molar-refractivity contribution >= 4 is 0 Å². The monoisotopic (exact) mass is 647 g/mol. The van der Waals surface area contributed by atoms with E-state index in [1.165, 1.54) is 38.9 Å². The van der Waals surface area contributed by atoms with Crippen LogP contribution in [0.3, 0.4) is 0 Å². The van der Waals surface area contributed by atoms with E-state index in [1.54, 1.807) is 12.1 Å². The Labute approximate surface area is 182 Å². The normalized spacial score (nSPS) is 8.69. The zero-order valence-corrected chi connectivity index (χ0v) is 18.5. The molecule has 0 radical (unpaired) electrons. The van der Waals surface area contributed by atoms with Crippen molar-refractivity contribution in [3.05, 3.63) is 57.9 Å².